The minimum atomic E-state index is -0.0166. The molecule has 6 nitrogen and oxygen atoms in total. The van der Waals surface area contributed by atoms with Crippen molar-refractivity contribution in [2.24, 2.45) is 0 Å². The number of hydrogen-bond acceptors (Lipinski definition) is 6. The lowest BCUT2D eigenvalue weighted by atomic mass is 9.98. The van der Waals surface area contributed by atoms with Crippen molar-refractivity contribution in [1.29, 1.82) is 0 Å². The molecule has 0 bridgehead atoms. The molecule has 0 aliphatic carbocycles. The fraction of sp³-hybridized carbons (Fsp3) is 0.360. The van der Waals surface area contributed by atoms with Crippen molar-refractivity contribution in [2.45, 2.75) is 13.8 Å². The number of hydrogen-bond donors (Lipinski definition) is 0. The van der Waals surface area contributed by atoms with Gasteiger partial charge in [0.2, 0.25) is 0 Å². The number of piperazine rings is 1. The highest BCUT2D eigenvalue weighted by molar-refractivity contribution is 6.16. The molecule has 6 heteroatoms. The van der Waals surface area contributed by atoms with Crippen molar-refractivity contribution >= 4 is 22.4 Å². The molecule has 1 fully saturated rings. The Kier molecular flexibility index (Phi) is 6.09. The summed E-state index contributed by atoms with van der Waals surface area (Å²) in [7, 11) is 3.24. The number of aryl methyl sites for hydroxylation is 1. The van der Waals surface area contributed by atoms with E-state index in [1.165, 1.54) is 0 Å². The van der Waals surface area contributed by atoms with Gasteiger partial charge in [-0.05, 0) is 19.5 Å². The Hall–Kier alpha value is -3.12. The summed E-state index contributed by atoms with van der Waals surface area (Å²) in [6.45, 7) is 8.87. The van der Waals surface area contributed by atoms with E-state index < -0.39 is 0 Å². The number of carbonyl (C=O) groups is 1. The average Bonchev–Trinajstić information content (AvgIpc) is 2.82. The van der Waals surface area contributed by atoms with Crippen LogP contribution in [0.15, 0.2) is 42.6 Å². The van der Waals surface area contributed by atoms with Crippen LogP contribution >= 0.6 is 0 Å². The maximum atomic E-state index is 13.5. The summed E-state index contributed by atoms with van der Waals surface area (Å²) in [5, 5.41) is 0.903. The number of likely N-dealkylation sites (N-methyl/N-ethyl adjacent to an activating group) is 1. The van der Waals surface area contributed by atoms with Crippen LogP contribution in [-0.4, -0.2) is 62.6 Å². The fourth-order valence-electron chi connectivity index (χ4n) is 4.16. The van der Waals surface area contributed by atoms with E-state index in [4.69, 9.17) is 9.47 Å². The third-order valence-corrected chi connectivity index (χ3v) is 6.04. The van der Waals surface area contributed by atoms with E-state index in [0.29, 0.717) is 22.6 Å². The Labute approximate surface area is 183 Å². The Morgan fingerprint density at radius 2 is 1.65 bits per heavy atom. The number of methoxy groups -OCH3 is 2. The highest BCUT2D eigenvalue weighted by Crippen LogP contribution is 2.38. The number of aromatic nitrogens is 1. The van der Waals surface area contributed by atoms with Crippen LogP contribution in [0, 0.1) is 6.92 Å². The van der Waals surface area contributed by atoms with E-state index >= 15 is 0 Å². The monoisotopic (exact) mass is 419 g/mol. The average molecular weight is 420 g/mol. The molecule has 0 unspecified atom stereocenters. The zero-order valence-corrected chi connectivity index (χ0v) is 18.6. The second kappa shape index (κ2) is 8.94. The van der Waals surface area contributed by atoms with Crippen molar-refractivity contribution in [3.8, 4) is 11.5 Å². The van der Waals surface area contributed by atoms with Gasteiger partial charge in [0.05, 0.1) is 31.0 Å². The summed E-state index contributed by atoms with van der Waals surface area (Å²) >= 11 is 0. The largest absolute Gasteiger partial charge is 0.493 e. The molecule has 0 radical (unpaired) electrons. The third kappa shape index (κ3) is 4.08. The van der Waals surface area contributed by atoms with Crippen molar-refractivity contribution in [3.63, 3.8) is 0 Å². The predicted octanol–water partition coefficient (Wildman–Crippen LogP) is 3.93. The van der Waals surface area contributed by atoms with E-state index in [9.17, 15) is 4.79 Å². The minimum Gasteiger partial charge on any atom is -0.493 e. The highest BCUT2D eigenvalue weighted by atomic mass is 16.5. The summed E-state index contributed by atoms with van der Waals surface area (Å²) < 4.78 is 11.0. The highest BCUT2D eigenvalue weighted by Gasteiger charge is 2.25. The summed E-state index contributed by atoms with van der Waals surface area (Å²) in [5.41, 5.74) is 4.12. The van der Waals surface area contributed by atoms with Crippen molar-refractivity contribution in [1.82, 2.24) is 9.88 Å². The van der Waals surface area contributed by atoms with Crippen LogP contribution in [0.4, 0.5) is 5.69 Å². The Balaban J connectivity index is 1.88. The Morgan fingerprint density at radius 1 is 1.00 bits per heavy atom. The molecule has 0 atom stereocenters. The molecule has 2 heterocycles. The summed E-state index contributed by atoms with van der Waals surface area (Å²) in [4.78, 5) is 22.9. The number of rotatable bonds is 6. The molecule has 1 saturated heterocycles. The Morgan fingerprint density at radius 3 is 2.26 bits per heavy atom. The van der Waals surface area contributed by atoms with Crippen LogP contribution < -0.4 is 14.4 Å². The van der Waals surface area contributed by atoms with Crippen molar-refractivity contribution in [3.05, 3.63) is 59.3 Å². The molecular formula is C25H29N3O3. The summed E-state index contributed by atoms with van der Waals surface area (Å²) in [5.74, 6) is 1.24. The van der Waals surface area contributed by atoms with Gasteiger partial charge in [0, 0.05) is 49.4 Å². The topological polar surface area (TPSA) is 54.9 Å². The normalized spacial score (nSPS) is 14.6. The summed E-state index contributed by atoms with van der Waals surface area (Å²) in [6, 6.07) is 11.5. The van der Waals surface area contributed by atoms with Gasteiger partial charge in [-0.1, -0.05) is 36.8 Å². The first-order valence-electron chi connectivity index (χ1n) is 10.7. The maximum Gasteiger partial charge on any atom is 0.196 e. The van der Waals surface area contributed by atoms with E-state index in [1.807, 2.05) is 43.3 Å². The summed E-state index contributed by atoms with van der Waals surface area (Å²) in [6.07, 6.45) is 1.71. The molecular weight excluding hydrogens is 390 g/mol. The molecule has 0 N–H and O–H groups in total. The van der Waals surface area contributed by atoms with Crippen molar-refractivity contribution < 1.29 is 14.3 Å². The van der Waals surface area contributed by atoms with Gasteiger partial charge in [-0.2, -0.15) is 0 Å². The number of fused-ring (bicyclic) bond motifs is 1. The van der Waals surface area contributed by atoms with E-state index in [-0.39, 0.29) is 5.78 Å². The first-order chi connectivity index (χ1) is 15.0. The standard InChI is InChI=1S/C25H29N3O3/c1-5-27-10-12-28(13-11-27)24-19-14-22(30-3)23(31-4)15-21(19)26-16-20(24)25(29)18-8-6-17(2)7-9-18/h6-9,14-16H,5,10-13H2,1-4H3. The molecule has 1 aromatic heterocycles. The van der Waals surface area contributed by atoms with Crippen LogP contribution in [0.5, 0.6) is 11.5 Å². The number of benzene rings is 2. The lowest BCUT2D eigenvalue weighted by Crippen LogP contribution is -2.46. The maximum absolute atomic E-state index is 13.5. The molecule has 1 aliphatic heterocycles. The molecule has 0 saturated carbocycles. The van der Waals surface area contributed by atoms with Gasteiger partial charge >= 0.3 is 0 Å². The van der Waals surface area contributed by atoms with E-state index in [1.54, 1.807) is 20.4 Å². The number of anilines is 1. The van der Waals surface area contributed by atoms with Gasteiger partial charge in [0.1, 0.15) is 0 Å². The first kappa shape index (κ1) is 21.1. The van der Waals surface area contributed by atoms with Crippen LogP contribution in [0.25, 0.3) is 10.9 Å². The molecule has 0 amide bonds. The quantitative estimate of drug-likeness (QED) is 0.564. The second-order valence-electron chi connectivity index (χ2n) is 7.86. The predicted molar refractivity (Wildman–Crippen MR) is 124 cm³/mol. The van der Waals surface area contributed by atoms with Gasteiger partial charge in [-0.15, -0.1) is 0 Å². The molecule has 2 aromatic carbocycles. The number of carbonyl (C=O) groups excluding carboxylic acids is 1. The Bertz CT molecular complexity index is 1090. The minimum absolute atomic E-state index is 0.0166. The van der Waals surface area contributed by atoms with Crippen LogP contribution in [0.3, 0.4) is 0 Å². The third-order valence-electron chi connectivity index (χ3n) is 6.04. The van der Waals surface area contributed by atoms with Crippen LogP contribution in [-0.2, 0) is 0 Å². The molecule has 162 valence electrons. The molecule has 0 spiro atoms. The fourth-order valence-corrected chi connectivity index (χ4v) is 4.16. The van der Waals surface area contributed by atoms with E-state index in [0.717, 1.165) is 54.9 Å². The van der Waals surface area contributed by atoms with Crippen LogP contribution in [0.2, 0.25) is 0 Å². The van der Waals surface area contributed by atoms with Gasteiger partial charge in [-0.3, -0.25) is 9.78 Å². The molecule has 1 aliphatic rings. The van der Waals surface area contributed by atoms with Gasteiger partial charge in [-0.25, -0.2) is 0 Å². The zero-order valence-electron chi connectivity index (χ0n) is 18.6. The second-order valence-corrected chi connectivity index (χ2v) is 7.86. The smallest absolute Gasteiger partial charge is 0.196 e. The lowest BCUT2D eigenvalue weighted by Gasteiger charge is -2.37. The lowest BCUT2D eigenvalue weighted by molar-refractivity contribution is 0.103. The van der Waals surface area contributed by atoms with E-state index in [2.05, 4.69) is 21.7 Å². The molecule has 3 aromatic rings. The SMILES string of the molecule is CCN1CCN(c2c(C(=O)c3ccc(C)cc3)cnc3cc(OC)c(OC)cc23)CC1. The van der Waals surface area contributed by atoms with Gasteiger partial charge in [0.25, 0.3) is 0 Å². The first-order valence-corrected chi connectivity index (χ1v) is 10.7. The zero-order chi connectivity index (χ0) is 22.0. The molecule has 4 rings (SSSR count). The number of ketones is 1. The molecule has 31 heavy (non-hydrogen) atoms. The van der Waals surface area contributed by atoms with Crippen molar-refractivity contribution in [2.75, 3.05) is 51.8 Å². The van der Waals surface area contributed by atoms with Gasteiger partial charge < -0.3 is 19.3 Å². The van der Waals surface area contributed by atoms with Gasteiger partial charge in [0.15, 0.2) is 17.3 Å². The van der Waals surface area contributed by atoms with Crippen LogP contribution in [0.1, 0.15) is 28.4 Å². The number of ether oxygens (including phenoxy) is 2. The number of nitrogens with zero attached hydrogens (tertiary/aromatic N) is 3. The number of pyridine rings is 1.